The van der Waals surface area contributed by atoms with E-state index < -0.39 is 0 Å². The Bertz CT molecular complexity index is 3880. The van der Waals surface area contributed by atoms with Gasteiger partial charge in [0.05, 0.1) is 22.1 Å². The SMILES string of the molecule is c1ccc(-c2ccc3c4ccccc4n(-c4nc(-c5cccc(-c6cccc(-c7cccc8c7sc7ccccc78)c6)c5)nc(-n5c6ccccc6c6ccccc65)n4)c3c2)cc1. The molecule has 63 heavy (non-hydrogen) atoms. The first-order valence-electron chi connectivity index (χ1n) is 21.2. The molecule has 0 saturated heterocycles. The van der Waals surface area contributed by atoms with Crippen molar-refractivity contribution in [2.24, 2.45) is 0 Å². The number of para-hydroxylation sites is 3. The number of rotatable bonds is 6. The Kier molecular flexibility index (Phi) is 8.01. The molecule has 13 rings (SSSR count). The van der Waals surface area contributed by atoms with E-state index in [-0.39, 0.29) is 0 Å². The van der Waals surface area contributed by atoms with Crippen molar-refractivity contribution in [1.82, 2.24) is 24.1 Å². The minimum absolute atomic E-state index is 0.553. The quantitative estimate of drug-likeness (QED) is 0.168. The zero-order chi connectivity index (χ0) is 41.4. The molecule has 0 N–H and O–H groups in total. The lowest BCUT2D eigenvalue weighted by Crippen LogP contribution is -2.10. The summed E-state index contributed by atoms with van der Waals surface area (Å²) in [7, 11) is 0. The molecule has 0 aliphatic carbocycles. The van der Waals surface area contributed by atoms with Crippen LogP contribution in [0.15, 0.2) is 212 Å². The smallest absolute Gasteiger partial charge is 0.240 e. The van der Waals surface area contributed by atoms with E-state index in [4.69, 9.17) is 15.0 Å². The van der Waals surface area contributed by atoms with Crippen molar-refractivity contribution >= 4 is 75.1 Å². The molecule has 4 aromatic heterocycles. The second-order valence-electron chi connectivity index (χ2n) is 16.0. The van der Waals surface area contributed by atoms with Gasteiger partial charge in [-0.2, -0.15) is 15.0 Å². The first-order valence-corrected chi connectivity index (χ1v) is 22.0. The predicted octanol–water partition coefficient (Wildman–Crippen LogP) is 15.1. The lowest BCUT2D eigenvalue weighted by atomic mass is 9.97. The molecule has 0 radical (unpaired) electrons. The number of hydrogen-bond donors (Lipinski definition) is 0. The van der Waals surface area contributed by atoms with Crippen molar-refractivity contribution in [1.29, 1.82) is 0 Å². The lowest BCUT2D eigenvalue weighted by molar-refractivity contribution is 0.893. The number of aromatic nitrogens is 5. The van der Waals surface area contributed by atoms with Gasteiger partial charge in [-0.15, -0.1) is 11.3 Å². The first kappa shape index (κ1) is 35.6. The fourth-order valence-electron chi connectivity index (χ4n) is 9.50. The molecular weight excluding hydrogens is 787 g/mol. The van der Waals surface area contributed by atoms with E-state index in [9.17, 15) is 0 Å². The summed E-state index contributed by atoms with van der Waals surface area (Å²) < 4.78 is 7.01. The highest BCUT2D eigenvalue weighted by Gasteiger charge is 2.21. The van der Waals surface area contributed by atoms with Crippen LogP contribution in [0.4, 0.5) is 0 Å². The van der Waals surface area contributed by atoms with Crippen molar-refractivity contribution in [3.05, 3.63) is 212 Å². The highest BCUT2D eigenvalue weighted by Crippen LogP contribution is 2.41. The maximum Gasteiger partial charge on any atom is 0.240 e. The van der Waals surface area contributed by atoms with E-state index in [1.54, 1.807) is 0 Å². The van der Waals surface area contributed by atoms with Crippen LogP contribution in [0.3, 0.4) is 0 Å². The van der Waals surface area contributed by atoms with Crippen LogP contribution in [0.5, 0.6) is 0 Å². The molecule has 6 heteroatoms. The maximum atomic E-state index is 5.42. The van der Waals surface area contributed by atoms with Gasteiger partial charge in [0.2, 0.25) is 11.9 Å². The minimum atomic E-state index is 0.553. The highest BCUT2D eigenvalue weighted by molar-refractivity contribution is 7.26. The molecule has 0 spiro atoms. The van der Waals surface area contributed by atoms with Crippen LogP contribution in [0.2, 0.25) is 0 Å². The second-order valence-corrected chi connectivity index (χ2v) is 17.1. The normalized spacial score (nSPS) is 11.8. The van der Waals surface area contributed by atoms with E-state index in [2.05, 4.69) is 221 Å². The Labute approximate surface area is 366 Å². The second kappa shape index (κ2) is 14.2. The fourth-order valence-corrected chi connectivity index (χ4v) is 10.7. The third kappa shape index (κ3) is 5.73. The number of thiophene rings is 1. The van der Waals surface area contributed by atoms with Crippen LogP contribution in [0.25, 0.3) is 120 Å². The van der Waals surface area contributed by atoms with Crippen molar-refractivity contribution in [3.63, 3.8) is 0 Å². The van der Waals surface area contributed by atoms with Gasteiger partial charge in [0.1, 0.15) is 0 Å². The van der Waals surface area contributed by atoms with Crippen molar-refractivity contribution in [2.45, 2.75) is 0 Å². The van der Waals surface area contributed by atoms with E-state index in [1.165, 1.54) is 31.3 Å². The number of hydrogen-bond acceptors (Lipinski definition) is 4. The van der Waals surface area contributed by atoms with E-state index in [0.717, 1.165) is 71.4 Å². The average molecular weight is 822 g/mol. The Morgan fingerprint density at radius 2 is 0.778 bits per heavy atom. The third-order valence-electron chi connectivity index (χ3n) is 12.4. The third-order valence-corrected chi connectivity index (χ3v) is 13.6. The molecule has 0 aliphatic heterocycles. The first-order chi connectivity index (χ1) is 31.2. The summed E-state index contributed by atoms with van der Waals surface area (Å²) in [4.78, 5) is 16.2. The predicted molar refractivity (Wildman–Crippen MR) is 263 cm³/mol. The van der Waals surface area contributed by atoms with Gasteiger partial charge < -0.3 is 0 Å². The van der Waals surface area contributed by atoms with Crippen LogP contribution in [0.1, 0.15) is 0 Å². The van der Waals surface area contributed by atoms with Gasteiger partial charge in [-0.05, 0) is 75.8 Å². The number of fused-ring (bicyclic) bond motifs is 9. The van der Waals surface area contributed by atoms with Gasteiger partial charge >= 0.3 is 0 Å². The Morgan fingerprint density at radius 3 is 1.46 bits per heavy atom. The molecule has 5 nitrogen and oxygen atoms in total. The highest BCUT2D eigenvalue weighted by atomic mass is 32.1. The van der Waals surface area contributed by atoms with Crippen molar-refractivity contribution < 1.29 is 0 Å². The molecule has 4 heterocycles. The Morgan fingerprint density at radius 1 is 0.302 bits per heavy atom. The zero-order valence-corrected chi connectivity index (χ0v) is 34.7. The molecule has 0 aliphatic rings. The fraction of sp³-hybridized carbons (Fsp3) is 0. The van der Waals surface area contributed by atoms with Crippen molar-refractivity contribution in [3.8, 4) is 56.7 Å². The summed E-state index contributed by atoms with van der Waals surface area (Å²) in [5.74, 6) is 1.70. The largest absolute Gasteiger partial charge is 0.278 e. The molecule has 294 valence electrons. The molecule has 0 saturated carbocycles. The molecule has 0 fully saturated rings. The summed E-state index contributed by atoms with van der Waals surface area (Å²) >= 11 is 1.86. The van der Waals surface area contributed by atoms with E-state index in [0.29, 0.717) is 17.7 Å². The Hall–Kier alpha value is -8.19. The summed E-state index contributed by atoms with van der Waals surface area (Å²) in [6.07, 6.45) is 0. The van der Waals surface area contributed by atoms with Gasteiger partial charge in [0.15, 0.2) is 5.82 Å². The number of nitrogens with zero attached hydrogens (tertiary/aromatic N) is 5. The summed E-state index contributed by atoms with van der Waals surface area (Å²) in [6, 6.07) is 75.6. The Balaban J connectivity index is 1.02. The molecule has 0 amide bonds. The van der Waals surface area contributed by atoms with Gasteiger partial charge in [-0.3, -0.25) is 9.13 Å². The molecule has 13 aromatic rings. The van der Waals surface area contributed by atoms with Gasteiger partial charge in [0, 0.05) is 47.3 Å². The maximum absolute atomic E-state index is 5.42. The van der Waals surface area contributed by atoms with E-state index >= 15 is 0 Å². The van der Waals surface area contributed by atoms with Gasteiger partial charge in [0.25, 0.3) is 0 Å². The van der Waals surface area contributed by atoms with Crippen molar-refractivity contribution in [2.75, 3.05) is 0 Å². The van der Waals surface area contributed by atoms with Crippen LogP contribution in [-0.4, -0.2) is 24.1 Å². The van der Waals surface area contributed by atoms with Crippen LogP contribution in [0, 0.1) is 0 Å². The van der Waals surface area contributed by atoms with Crippen LogP contribution in [-0.2, 0) is 0 Å². The summed E-state index contributed by atoms with van der Waals surface area (Å²) in [6.45, 7) is 0. The zero-order valence-electron chi connectivity index (χ0n) is 33.9. The van der Waals surface area contributed by atoms with Gasteiger partial charge in [-0.1, -0.05) is 170 Å². The topological polar surface area (TPSA) is 48.5 Å². The molecule has 0 bridgehead atoms. The monoisotopic (exact) mass is 821 g/mol. The van der Waals surface area contributed by atoms with Crippen LogP contribution >= 0.6 is 11.3 Å². The molecule has 0 unspecified atom stereocenters. The molecular formula is C57H35N5S. The summed E-state index contributed by atoms with van der Waals surface area (Å²) in [5, 5.41) is 7.17. The van der Waals surface area contributed by atoms with Gasteiger partial charge in [-0.25, -0.2) is 0 Å². The van der Waals surface area contributed by atoms with E-state index in [1.807, 2.05) is 11.3 Å². The molecule has 0 atom stereocenters. The average Bonchev–Trinajstić information content (AvgIpc) is 4.02. The summed E-state index contributed by atoms with van der Waals surface area (Å²) in [5.41, 5.74) is 12.0. The number of benzene rings is 9. The minimum Gasteiger partial charge on any atom is -0.278 e. The lowest BCUT2D eigenvalue weighted by Gasteiger charge is -2.13. The van der Waals surface area contributed by atoms with Crippen LogP contribution < -0.4 is 0 Å². The molecule has 9 aromatic carbocycles. The standard InChI is InChI=1S/C57H35N5S/c1-2-15-36(16-3-1)39-31-32-46-45-23-6-10-29-51(45)62(52(46)35-39)57-59-55(58-56(60-57)61-49-27-8-4-21-43(49)44-22-5-9-28-50(44)61)41-20-13-18-38(34-41)37-17-12-19-40(33-37)42-25-14-26-48-47-24-7-11-30-53(47)63-54(42)48/h1-35H.